The third kappa shape index (κ3) is 3.18. The fourth-order valence-electron chi connectivity index (χ4n) is 1.56. The molecule has 2 aromatic rings. The first-order chi connectivity index (χ1) is 8.56. The molecule has 0 bridgehead atoms. The van der Waals surface area contributed by atoms with E-state index in [1.54, 1.807) is 23.9 Å². The highest BCUT2D eigenvalue weighted by Crippen LogP contribution is 2.28. The van der Waals surface area contributed by atoms with Crippen LogP contribution in [0.25, 0.3) is 0 Å². The minimum atomic E-state index is -0.384. The van der Waals surface area contributed by atoms with E-state index in [9.17, 15) is 4.39 Å². The molecule has 0 saturated heterocycles. The Kier molecular flexibility index (Phi) is 4.15. The number of hydrogen-bond acceptors (Lipinski definition) is 2. The van der Waals surface area contributed by atoms with E-state index < -0.39 is 0 Å². The molecule has 0 aliphatic rings. The molecule has 4 heteroatoms. The third-order valence-corrected chi connectivity index (χ3v) is 4.11. The van der Waals surface area contributed by atoms with E-state index in [-0.39, 0.29) is 10.8 Å². The highest BCUT2D eigenvalue weighted by atomic mass is 35.5. The lowest BCUT2D eigenvalue weighted by molar-refractivity contribution is 0.628. The molecule has 1 nitrogen and oxygen atoms in total. The van der Waals surface area contributed by atoms with Crippen LogP contribution in [0.1, 0.15) is 11.1 Å². The number of halogens is 2. The Morgan fingerprint density at radius 2 is 2.00 bits per heavy atom. The van der Waals surface area contributed by atoms with E-state index in [0.29, 0.717) is 0 Å². The van der Waals surface area contributed by atoms with Crippen molar-refractivity contribution in [2.45, 2.75) is 17.6 Å². The number of thioether (sulfide) groups is 1. The zero-order valence-corrected chi connectivity index (χ0v) is 11.5. The molecule has 0 heterocycles. The first kappa shape index (κ1) is 13.2. The summed E-state index contributed by atoms with van der Waals surface area (Å²) in [5.74, 6) is 0.357. The summed E-state index contributed by atoms with van der Waals surface area (Å²) in [6.45, 7) is 2.04. The van der Waals surface area contributed by atoms with Crippen molar-refractivity contribution in [3.05, 3.63) is 58.4 Å². The van der Waals surface area contributed by atoms with Crippen LogP contribution < -0.4 is 5.73 Å². The van der Waals surface area contributed by atoms with Gasteiger partial charge in [-0.3, -0.25) is 0 Å². The van der Waals surface area contributed by atoms with Crippen LogP contribution in [0.3, 0.4) is 0 Å². The first-order valence-corrected chi connectivity index (χ1v) is 6.85. The fraction of sp³-hybridized carbons (Fsp3) is 0.143. The largest absolute Gasteiger partial charge is 0.399 e. The van der Waals surface area contributed by atoms with Gasteiger partial charge in [0, 0.05) is 16.3 Å². The molecule has 0 saturated carbocycles. The molecule has 0 amide bonds. The molecule has 94 valence electrons. The minimum absolute atomic E-state index is 0.164. The van der Waals surface area contributed by atoms with Crippen LogP contribution >= 0.6 is 23.4 Å². The van der Waals surface area contributed by atoms with Crippen LogP contribution in [0, 0.1) is 12.7 Å². The Bertz CT molecular complexity index is 572. The van der Waals surface area contributed by atoms with Gasteiger partial charge in [-0.25, -0.2) is 4.39 Å². The van der Waals surface area contributed by atoms with E-state index in [0.717, 1.165) is 21.9 Å². The topological polar surface area (TPSA) is 26.0 Å². The molecular weight excluding hydrogens is 269 g/mol. The van der Waals surface area contributed by atoms with Gasteiger partial charge in [0.2, 0.25) is 0 Å². The van der Waals surface area contributed by atoms with E-state index in [2.05, 4.69) is 0 Å². The predicted octanol–water partition coefficient (Wildman–Crippen LogP) is 4.66. The maximum Gasteiger partial charge on any atom is 0.141 e. The average Bonchev–Trinajstić information content (AvgIpc) is 2.34. The van der Waals surface area contributed by atoms with Gasteiger partial charge in [0.1, 0.15) is 5.82 Å². The van der Waals surface area contributed by atoms with Crippen molar-refractivity contribution in [3.63, 3.8) is 0 Å². The number of nitrogens with two attached hydrogens (primary N) is 1. The minimum Gasteiger partial charge on any atom is -0.399 e. The Balaban J connectivity index is 2.11. The van der Waals surface area contributed by atoms with Crippen molar-refractivity contribution in [1.82, 2.24) is 0 Å². The Morgan fingerprint density at radius 3 is 2.72 bits per heavy atom. The lowest BCUT2D eigenvalue weighted by atomic mass is 10.2. The summed E-state index contributed by atoms with van der Waals surface area (Å²) < 4.78 is 13.0. The normalized spacial score (nSPS) is 10.6. The average molecular weight is 282 g/mol. The highest BCUT2D eigenvalue weighted by Gasteiger charge is 2.04. The number of aryl methyl sites for hydroxylation is 1. The monoisotopic (exact) mass is 281 g/mol. The zero-order valence-electron chi connectivity index (χ0n) is 9.91. The Labute approximate surface area is 115 Å². The summed E-state index contributed by atoms with van der Waals surface area (Å²) in [4.78, 5) is 1.13. The van der Waals surface area contributed by atoms with E-state index in [1.165, 1.54) is 11.6 Å². The van der Waals surface area contributed by atoms with Crippen LogP contribution in [0.5, 0.6) is 0 Å². The molecule has 2 rings (SSSR count). The molecule has 2 N–H and O–H groups in total. The third-order valence-electron chi connectivity index (χ3n) is 2.59. The number of benzene rings is 2. The van der Waals surface area contributed by atoms with E-state index in [1.807, 2.05) is 25.1 Å². The quantitative estimate of drug-likeness (QED) is 0.654. The van der Waals surface area contributed by atoms with Gasteiger partial charge in [-0.1, -0.05) is 23.7 Å². The Hall–Kier alpha value is -1.19. The van der Waals surface area contributed by atoms with E-state index >= 15 is 0 Å². The molecule has 0 radical (unpaired) electrons. The standard InChI is InChI=1S/C14H13ClFNS/c1-9-2-4-11(17)7-14(9)18-8-10-3-5-13(16)12(15)6-10/h2-7H,8,17H2,1H3. The van der Waals surface area contributed by atoms with Gasteiger partial charge < -0.3 is 5.73 Å². The van der Waals surface area contributed by atoms with E-state index in [4.69, 9.17) is 17.3 Å². The maximum absolute atomic E-state index is 13.0. The van der Waals surface area contributed by atoms with Crippen molar-refractivity contribution < 1.29 is 4.39 Å². The van der Waals surface area contributed by atoms with Crippen LogP contribution in [-0.2, 0) is 5.75 Å². The van der Waals surface area contributed by atoms with Crippen LogP contribution in [0.2, 0.25) is 5.02 Å². The molecule has 2 aromatic carbocycles. The van der Waals surface area contributed by atoms with Gasteiger partial charge in [0.25, 0.3) is 0 Å². The Morgan fingerprint density at radius 1 is 1.22 bits per heavy atom. The second kappa shape index (κ2) is 5.63. The van der Waals surface area contributed by atoms with Crippen LogP contribution in [-0.4, -0.2) is 0 Å². The van der Waals surface area contributed by atoms with Crippen molar-refractivity contribution >= 4 is 29.1 Å². The molecule has 18 heavy (non-hydrogen) atoms. The van der Waals surface area contributed by atoms with Crippen LogP contribution in [0.4, 0.5) is 10.1 Å². The number of nitrogen functional groups attached to an aromatic ring is 1. The maximum atomic E-state index is 13.0. The molecule has 0 aliphatic heterocycles. The van der Waals surface area contributed by atoms with Gasteiger partial charge in [-0.05, 0) is 42.3 Å². The molecule has 0 unspecified atom stereocenters. The van der Waals surface area contributed by atoms with Crippen molar-refractivity contribution in [2.24, 2.45) is 0 Å². The van der Waals surface area contributed by atoms with Gasteiger partial charge in [-0.15, -0.1) is 11.8 Å². The molecule has 0 spiro atoms. The van der Waals surface area contributed by atoms with Gasteiger partial charge in [-0.2, -0.15) is 0 Å². The van der Waals surface area contributed by atoms with Crippen LogP contribution in [0.15, 0.2) is 41.3 Å². The number of hydrogen-bond donors (Lipinski definition) is 1. The van der Waals surface area contributed by atoms with Crippen molar-refractivity contribution in [1.29, 1.82) is 0 Å². The van der Waals surface area contributed by atoms with Crippen molar-refractivity contribution in [2.75, 3.05) is 5.73 Å². The summed E-state index contributed by atoms with van der Waals surface area (Å²) in [5, 5.41) is 0.164. The smallest absolute Gasteiger partial charge is 0.141 e. The molecular formula is C14H13ClFNS. The zero-order chi connectivity index (χ0) is 13.1. The van der Waals surface area contributed by atoms with Gasteiger partial charge in [0.15, 0.2) is 0 Å². The lowest BCUT2D eigenvalue weighted by Gasteiger charge is -2.07. The molecule has 0 fully saturated rings. The SMILES string of the molecule is Cc1ccc(N)cc1SCc1ccc(F)c(Cl)c1. The second-order valence-electron chi connectivity index (χ2n) is 4.06. The summed E-state index contributed by atoms with van der Waals surface area (Å²) in [6.07, 6.45) is 0. The van der Waals surface area contributed by atoms with Gasteiger partial charge in [0.05, 0.1) is 5.02 Å². The second-order valence-corrected chi connectivity index (χ2v) is 5.49. The fourth-order valence-corrected chi connectivity index (χ4v) is 2.78. The summed E-state index contributed by atoms with van der Waals surface area (Å²) in [5.41, 5.74) is 8.68. The summed E-state index contributed by atoms with van der Waals surface area (Å²) >= 11 is 7.42. The number of rotatable bonds is 3. The molecule has 0 atom stereocenters. The number of anilines is 1. The highest BCUT2D eigenvalue weighted by molar-refractivity contribution is 7.98. The first-order valence-electron chi connectivity index (χ1n) is 5.49. The summed E-state index contributed by atoms with van der Waals surface area (Å²) in [7, 11) is 0. The molecule has 0 aromatic heterocycles. The van der Waals surface area contributed by atoms with Gasteiger partial charge >= 0.3 is 0 Å². The lowest BCUT2D eigenvalue weighted by Crippen LogP contribution is -1.88. The summed E-state index contributed by atoms with van der Waals surface area (Å²) in [6, 6.07) is 10.6. The molecule has 0 aliphatic carbocycles. The van der Waals surface area contributed by atoms with Crippen molar-refractivity contribution in [3.8, 4) is 0 Å². The predicted molar refractivity (Wildman–Crippen MR) is 76.6 cm³/mol.